The molecule has 1 N–H and O–H groups in total. The standard InChI is InChI=1S/C30H34FN3O6S/c1-32-30(36)26(19-22-9-4-3-5-10-22)33(21-23-11-6-7-12-25(23)31)29(35)13-8-16-34(41(2,37)38)24-14-15-27-28(20-24)40-18-17-39-27/h3-7,9-12,14-15,20,26H,8,13,16-19,21H2,1-2H3,(H,32,36)/t26-/m0/s1. The molecule has 9 nitrogen and oxygen atoms in total. The molecular weight excluding hydrogens is 549 g/mol. The van der Waals surface area contributed by atoms with Crippen LogP contribution < -0.4 is 19.1 Å². The second-order valence-corrected chi connectivity index (χ2v) is 11.6. The van der Waals surface area contributed by atoms with Crippen LogP contribution in [0.3, 0.4) is 0 Å². The van der Waals surface area contributed by atoms with Gasteiger partial charge in [0.1, 0.15) is 25.1 Å². The molecule has 0 saturated carbocycles. The summed E-state index contributed by atoms with van der Waals surface area (Å²) in [5.41, 5.74) is 1.51. The lowest BCUT2D eigenvalue weighted by Gasteiger charge is -2.31. The molecule has 4 rings (SSSR count). The predicted octanol–water partition coefficient (Wildman–Crippen LogP) is 3.53. The fraction of sp³-hybridized carbons (Fsp3) is 0.333. The monoisotopic (exact) mass is 583 g/mol. The number of halogens is 1. The first kappa shape index (κ1) is 29.9. The van der Waals surface area contributed by atoms with Crippen LogP contribution in [0, 0.1) is 5.82 Å². The first-order chi connectivity index (χ1) is 19.7. The Labute approximate surface area is 239 Å². The van der Waals surface area contributed by atoms with Gasteiger partial charge in [0.05, 0.1) is 11.9 Å². The van der Waals surface area contributed by atoms with E-state index in [-0.39, 0.29) is 43.8 Å². The number of nitrogens with one attached hydrogen (secondary N) is 1. The van der Waals surface area contributed by atoms with Crippen molar-refractivity contribution in [3.05, 3.63) is 89.7 Å². The van der Waals surface area contributed by atoms with E-state index >= 15 is 0 Å². The summed E-state index contributed by atoms with van der Waals surface area (Å²) >= 11 is 0. The summed E-state index contributed by atoms with van der Waals surface area (Å²) < 4.78 is 52.4. The molecule has 3 aromatic carbocycles. The Morgan fingerprint density at radius 2 is 1.66 bits per heavy atom. The number of rotatable bonds is 12. The number of hydrogen-bond acceptors (Lipinski definition) is 6. The third-order valence-electron chi connectivity index (χ3n) is 6.78. The van der Waals surface area contributed by atoms with E-state index in [0.717, 1.165) is 11.8 Å². The number of ether oxygens (including phenoxy) is 2. The summed E-state index contributed by atoms with van der Waals surface area (Å²) in [4.78, 5) is 28.1. The lowest BCUT2D eigenvalue weighted by atomic mass is 10.0. The minimum atomic E-state index is -3.69. The van der Waals surface area contributed by atoms with Crippen LogP contribution in [0.25, 0.3) is 0 Å². The Bertz CT molecular complexity index is 1470. The molecule has 0 bridgehead atoms. The first-order valence-corrected chi connectivity index (χ1v) is 15.2. The molecule has 3 aromatic rings. The van der Waals surface area contributed by atoms with Crippen LogP contribution in [0.2, 0.25) is 0 Å². The number of benzene rings is 3. The molecule has 0 aliphatic carbocycles. The minimum Gasteiger partial charge on any atom is -0.486 e. The van der Waals surface area contributed by atoms with Crippen LogP contribution in [0.4, 0.5) is 10.1 Å². The molecule has 218 valence electrons. The zero-order valence-electron chi connectivity index (χ0n) is 23.1. The molecule has 11 heteroatoms. The van der Waals surface area contributed by atoms with Crippen molar-refractivity contribution in [2.75, 3.05) is 37.4 Å². The quantitative estimate of drug-likeness (QED) is 0.350. The van der Waals surface area contributed by atoms with Gasteiger partial charge in [-0.25, -0.2) is 12.8 Å². The zero-order chi connectivity index (χ0) is 29.4. The smallest absolute Gasteiger partial charge is 0.242 e. The molecule has 1 atom stereocenters. The molecule has 0 saturated heterocycles. The first-order valence-electron chi connectivity index (χ1n) is 13.3. The molecule has 0 radical (unpaired) electrons. The van der Waals surface area contributed by atoms with Gasteiger partial charge >= 0.3 is 0 Å². The maximum atomic E-state index is 14.7. The number of carbonyl (C=O) groups excluding carboxylic acids is 2. The minimum absolute atomic E-state index is 0.0150. The summed E-state index contributed by atoms with van der Waals surface area (Å²) in [6.45, 7) is 0.668. The van der Waals surface area contributed by atoms with Crippen LogP contribution in [0.15, 0.2) is 72.8 Å². The molecule has 0 unspecified atom stereocenters. The molecular formula is C30H34FN3O6S. The van der Waals surface area contributed by atoms with Gasteiger partial charge in [-0.1, -0.05) is 48.5 Å². The van der Waals surface area contributed by atoms with Crippen molar-refractivity contribution in [2.45, 2.75) is 31.8 Å². The van der Waals surface area contributed by atoms with Crippen molar-refractivity contribution >= 4 is 27.5 Å². The van der Waals surface area contributed by atoms with Gasteiger partial charge in [-0.15, -0.1) is 0 Å². The highest BCUT2D eigenvalue weighted by atomic mass is 32.2. The van der Waals surface area contributed by atoms with Gasteiger partial charge in [-0.3, -0.25) is 13.9 Å². The van der Waals surface area contributed by atoms with Crippen LogP contribution in [-0.4, -0.2) is 64.2 Å². The molecule has 0 fully saturated rings. The average molecular weight is 584 g/mol. The van der Waals surface area contributed by atoms with E-state index in [1.165, 1.54) is 22.3 Å². The normalized spacial score (nSPS) is 13.2. The fourth-order valence-corrected chi connectivity index (χ4v) is 5.68. The molecule has 2 amide bonds. The molecule has 1 aliphatic rings. The Morgan fingerprint density at radius 3 is 2.34 bits per heavy atom. The van der Waals surface area contributed by atoms with Gasteiger partial charge in [0.15, 0.2) is 11.5 Å². The maximum absolute atomic E-state index is 14.7. The van der Waals surface area contributed by atoms with Gasteiger partial charge in [0, 0.05) is 44.6 Å². The highest BCUT2D eigenvalue weighted by Crippen LogP contribution is 2.34. The van der Waals surface area contributed by atoms with Crippen molar-refractivity contribution in [2.24, 2.45) is 0 Å². The number of amides is 2. The lowest BCUT2D eigenvalue weighted by molar-refractivity contribution is -0.141. The van der Waals surface area contributed by atoms with E-state index in [1.807, 2.05) is 30.3 Å². The Kier molecular flexibility index (Phi) is 9.82. The molecule has 0 spiro atoms. The van der Waals surface area contributed by atoms with Crippen LogP contribution >= 0.6 is 0 Å². The maximum Gasteiger partial charge on any atom is 0.242 e. The predicted molar refractivity (Wildman–Crippen MR) is 154 cm³/mol. The van der Waals surface area contributed by atoms with E-state index < -0.39 is 27.8 Å². The Balaban J connectivity index is 1.55. The fourth-order valence-electron chi connectivity index (χ4n) is 4.72. The third-order valence-corrected chi connectivity index (χ3v) is 7.98. The average Bonchev–Trinajstić information content (AvgIpc) is 2.97. The van der Waals surface area contributed by atoms with Gasteiger partial charge in [-0.05, 0) is 30.2 Å². The number of hydrogen-bond donors (Lipinski definition) is 1. The van der Waals surface area contributed by atoms with Crippen LogP contribution in [-0.2, 0) is 32.6 Å². The third kappa shape index (κ3) is 7.75. The second-order valence-electron chi connectivity index (χ2n) is 9.70. The topological polar surface area (TPSA) is 105 Å². The molecule has 1 aliphatic heterocycles. The van der Waals surface area contributed by atoms with Crippen molar-refractivity contribution in [3.8, 4) is 11.5 Å². The van der Waals surface area contributed by atoms with Crippen LogP contribution in [0.1, 0.15) is 24.0 Å². The summed E-state index contributed by atoms with van der Waals surface area (Å²) in [6.07, 6.45) is 1.43. The number of likely N-dealkylation sites (N-methyl/N-ethyl adjacent to an activating group) is 1. The van der Waals surface area contributed by atoms with Gasteiger partial charge in [0.2, 0.25) is 21.8 Å². The summed E-state index contributed by atoms with van der Waals surface area (Å²) in [6, 6.07) is 19.4. The summed E-state index contributed by atoms with van der Waals surface area (Å²) in [5.74, 6) is -0.279. The van der Waals surface area contributed by atoms with E-state index in [0.29, 0.717) is 30.4 Å². The van der Waals surface area contributed by atoms with Crippen molar-refractivity contribution in [1.82, 2.24) is 10.2 Å². The van der Waals surface area contributed by atoms with Crippen molar-refractivity contribution < 1.29 is 31.9 Å². The number of nitrogens with zero attached hydrogens (tertiary/aromatic N) is 2. The Hall–Kier alpha value is -4.12. The van der Waals surface area contributed by atoms with E-state index in [1.54, 1.807) is 36.4 Å². The zero-order valence-corrected chi connectivity index (χ0v) is 23.9. The van der Waals surface area contributed by atoms with Gasteiger partial charge in [-0.2, -0.15) is 0 Å². The molecule has 41 heavy (non-hydrogen) atoms. The number of anilines is 1. The summed E-state index contributed by atoms with van der Waals surface area (Å²) in [5, 5.41) is 2.63. The van der Waals surface area contributed by atoms with Crippen LogP contribution in [0.5, 0.6) is 11.5 Å². The van der Waals surface area contributed by atoms with E-state index in [2.05, 4.69) is 5.32 Å². The number of fused-ring (bicyclic) bond motifs is 1. The van der Waals surface area contributed by atoms with Gasteiger partial charge < -0.3 is 19.7 Å². The number of sulfonamides is 1. The SMILES string of the molecule is CNC(=O)[C@H](Cc1ccccc1)N(Cc1ccccc1F)C(=O)CCCN(c1ccc2c(c1)OCCO2)S(C)(=O)=O. The van der Waals surface area contributed by atoms with E-state index in [4.69, 9.17) is 9.47 Å². The second kappa shape index (κ2) is 13.5. The van der Waals surface area contributed by atoms with E-state index in [9.17, 15) is 22.4 Å². The Morgan fingerprint density at radius 1 is 0.976 bits per heavy atom. The molecule has 1 heterocycles. The largest absolute Gasteiger partial charge is 0.486 e. The highest BCUT2D eigenvalue weighted by Gasteiger charge is 2.30. The van der Waals surface area contributed by atoms with Gasteiger partial charge in [0.25, 0.3) is 0 Å². The van der Waals surface area contributed by atoms with Crippen molar-refractivity contribution in [3.63, 3.8) is 0 Å². The molecule has 0 aromatic heterocycles. The highest BCUT2D eigenvalue weighted by molar-refractivity contribution is 7.92. The number of carbonyl (C=O) groups is 2. The van der Waals surface area contributed by atoms with Crippen molar-refractivity contribution in [1.29, 1.82) is 0 Å². The summed E-state index contributed by atoms with van der Waals surface area (Å²) in [7, 11) is -2.20. The lowest BCUT2D eigenvalue weighted by Crippen LogP contribution is -2.50.